The summed E-state index contributed by atoms with van der Waals surface area (Å²) in [7, 11) is 1.61. The molecule has 0 radical (unpaired) electrons. The zero-order chi connectivity index (χ0) is 7.11. The highest BCUT2D eigenvalue weighted by Crippen LogP contribution is 1.85. The van der Waals surface area contributed by atoms with Crippen molar-refractivity contribution in [1.82, 2.24) is 5.48 Å². The molecular formula is C6H15NO2. The largest absolute Gasteiger partial charge is 0.354 e. The first-order chi connectivity index (χ1) is 4.31. The molecular weight excluding hydrogens is 118 g/mol. The fourth-order valence-electron chi connectivity index (χ4n) is 0.326. The standard InChI is InChI=1S/C6H15NO2/c1-4-5-7-9-6(2)8-3/h6-7H,4-5H2,1-3H3. The first-order valence-corrected chi connectivity index (χ1v) is 3.22. The monoisotopic (exact) mass is 133 g/mol. The van der Waals surface area contributed by atoms with Gasteiger partial charge in [-0.1, -0.05) is 6.92 Å². The lowest BCUT2D eigenvalue weighted by Gasteiger charge is -2.09. The quantitative estimate of drug-likeness (QED) is 0.343. The lowest BCUT2D eigenvalue weighted by molar-refractivity contribution is -0.153. The second-order valence-electron chi connectivity index (χ2n) is 1.82. The molecule has 0 aromatic heterocycles. The van der Waals surface area contributed by atoms with Crippen molar-refractivity contribution >= 4 is 0 Å². The highest BCUT2D eigenvalue weighted by Gasteiger charge is 1.94. The molecule has 0 heterocycles. The third kappa shape index (κ3) is 5.76. The summed E-state index contributed by atoms with van der Waals surface area (Å²) in [6.45, 7) is 4.78. The van der Waals surface area contributed by atoms with Crippen molar-refractivity contribution in [2.24, 2.45) is 0 Å². The van der Waals surface area contributed by atoms with Crippen LogP contribution in [0.3, 0.4) is 0 Å². The van der Waals surface area contributed by atoms with Gasteiger partial charge in [-0.25, -0.2) is 0 Å². The second-order valence-corrected chi connectivity index (χ2v) is 1.82. The fraction of sp³-hybridized carbons (Fsp3) is 1.00. The third-order valence-corrected chi connectivity index (χ3v) is 0.933. The molecule has 56 valence electrons. The minimum Gasteiger partial charge on any atom is -0.354 e. The topological polar surface area (TPSA) is 30.5 Å². The van der Waals surface area contributed by atoms with E-state index in [1.807, 2.05) is 6.92 Å². The number of hydrogen-bond donors (Lipinski definition) is 1. The Labute approximate surface area is 56.3 Å². The smallest absolute Gasteiger partial charge is 0.174 e. The van der Waals surface area contributed by atoms with Gasteiger partial charge in [0.15, 0.2) is 6.29 Å². The SMILES string of the molecule is CCCNOC(C)OC. The Balaban J connectivity index is 2.88. The van der Waals surface area contributed by atoms with E-state index in [1.54, 1.807) is 7.11 Å². The molecule has 0 aliphatic heterocycles. The van der Waals surface area contributed by atoms with Gasteiger partial charge in [-0.3, -0.25) is 4.84 Å². The molecule has 3 nitrogen and oxygen atoms in total. The molecule has 0 amide bonds. The predicted molar refractivity (Wildman–Crippen MR) is 35.8 cm³/mol. The van der Waals surface area contributed by atoms with Crippen LogP contribution in [0.2, 0.25) is 0 Å². The maximum Gasteiger partial charge on any atom is 0.174 e. The van der Waals surface area contributed by atoms with Crippen LogP contribution < -0.4 is 5.48 Å². The van der Waals surface area contributed by atoms with Crippen molar-refractivity contribution in [3.05, 3.63) is 0 Å². The van der Waals surface area contributed by atoms with Crippen molar-refractivity contribution in [3.8, 4) is 0 Å². The lowest BCUT2D eigenvalue weighted by atomic mass is 10.5. The Hall–Kier alpha value is -0.120. The molecule has 0 bridgehead atoms. The van der Waals surface area contributed by atoms with Gasteiger partial charge in [0.2, 0.25) is 0 Å². The van der Waals surface area contributed by atoms with Gasteiger partial charge in [0.05, 0.1) is 0 Å². The van der Waals surface area contributed by atoms with Crippen LogP contribution in [0.4, 0.5) is 0 Å². The van der Waals surface area contributed by atoms with E-state index in [0.29, 0.717) is 0 Å². The number of hydrogen-bond acceptors (Lipinski definition) is 3. The van der Waals surface area contributed by atoms with Gasteiger partial charge >= 0.3 is 0 Å². The van der Waals surface area contributed by atoms with Crippen LogP contribution in [0.1, 0.15) is 20.3 Å². The molecule has 0 aliphatic carbocycles. The summed E-state index contributed by atoms with van der Waals surface area (Å²) in [5.74, 6) is 0. The summed E-state index contributed by atoms with van der Waals surface area (Å²) < 4.78 is 4.81. The molecule has 9 heavy (non-hydrogen) atoms. The van der Waals surface area contributed by atoms with Gasteiger partial charge in [0, 0.05) is 13.7 Å². The van der Waals surface area contributed by atoms with E-state index >= 15 is 0 Å². The maximum absolute atomic E-state index is 4.96. The molecule has 0 fully saturated rings. The average Bonchev–Trinajstić information content (AvgIpc) is 1.89. The van der Waals surface area contributed by atoms with Crippen LogP contribution in [-0.4, -0.2) is 19.9 Å². The zero-order valence-electron chi connectivity index (χ0n) is 6.31. The summed E-state index contributed by atoms with van der Waals surface area (Å²) in [4.78, 5) is 4.96. The fourth-order valence-corrected chi connectivity index (χ4v) is 0.326. The number of ether oxygens (including phenoxy) is 1. The molecule has 0 saturated heterocycles. The van der Waals surface area contributed by atoms with E-state index in [2.05, 4.69) is 12.4 Å². The van der Waals surface area contributed by atoms with Gasteiger partial charge < -0.3 is 4.74 Å². The average molecular weight is 133 g/mol. The van der Waals surface area contributed by atoms with Crippen LogP contribution in [0, 0.1) is 0 Å². The van der Waals surface area contributed by atoms with Gasteiger partial charge in [-0.05, 0) is 13.3 Å². The Morgan fingerprint density at radius 1 is 1.56 bits per heavy atom. The van der Waals surface area contributed by atoms with Crippen molar-refractivity contribution in [2.45, 2.75) is 26.6 Å². The predicted octanol–water partition coefficient (Wildman–Crippen LogP) is 0.910. The molecule has 0 aromatic carbocycles. The normalized spacial score (nSPS) is 13.7. The van der Waals surface area contributed by atoms with Gasteiger partial charge in [0.1, 0.15) is 0 Å². The van der Waals surface area contributed by atoms with Crippen LogP contribution in [0.25, 0.3) is 0 Å². The van der Waals surface area contributed by atoms with E-state index in [1.165, 1.54) is 0 Å². The van der Waals surface area contributed by atoms with Crippen LogP contribution in [0.5, 0.6) is 0 Å². The molecule has 1 unspecified atom stereocenters. The number of methoxy groups -OCH3 is 1. The summed E-state index contributed by atoms with van der Waals surface area (Å²) in [6.07, 6.45) is 0.910. The Morgan fingerprint density at radius 3 is 2.67 bits per heavy atom. The molecule has 0 aromatic rings. The maximum atomic E-state index is 4.96. The zero-order valence-corrected chi connectivity index (χ0v) is 6.31. The molecule has 0 rings (SSSR count). The molecule has 0 aliphatic rings. The first kappa shape index (κ1) is 8.88. The second kappa shape index (κ2) is 6.01. The van der Waals surface area contributed by atoms with Crippen LogP contribution in [-0.2, 0) is 9.57 Å². The summed E-state index contributed by atoms with van der Waals surface area (Å²) in [5.41, 5.74) is 2.76. The first-order valence-electron chi connectivity index (χ1n) is 3.22. The lowest BCUT2D eigenvalue weighted by Crippen LogP contribution is -2.23. The molecule has 1 N–H and O–H groups in total. The Morgan fingerprint density at radius 2 is 2.22 bits per heavy atom. The number of rotatable bonds is 5. The van der Waals surface area contributed by atoms with Crippen molar-refractivity contribution < 1.29 is 9.57 Å². The molecule has 0 spiro atoms. The molecule has 3 heteroatoms. The highest BCUT2D eigenvalue weighted by atomic mass is 16.8. The van der Waals surface area contributed by atoms with E-state index in [9.17, 15) is 0 Å². The van der Waals surface area contributed by atoms with E-state index in [0.717, 1.165) is 13.0 Å². The summed E-state index contributed by atoms with van der Waals surface area (Å²) in [5, 5.41) is 0. The van der Waals surface area contributed by atoms with E-state index in [4.69, 9.17) is 9.57 Å². The number of hydroxylamine groups is 1. The summed E-state index contributed by atoms with van der Waals surface area (Å²) >= 11 is 0. The summed E-state index contributed by atoms with van der Waals surface area (Å²) in [6, 6.07) is 0. The van der Waals surface area contributed by atoms with Crippen molar-refractivity contribution in [3.63, 3.8) is 0 Å². The minimum absolute atomic E-state index is 0.156. The molecule has 1 atom stereocenters. The van der Waals surface area contributed by atoms with E-state index < -0.39 is 0 Å². The van der Waals surface area contributed by atoms with Crippen LogP contribution in [0.15, 0.2) is 0 Å². The van der Waals surface area contributed by atoms with Gasteiger partial charge in [-0.2, -0.15) is 5.48 Å². The Bertz CT molecular complexity index is 59.0. The van der Waals surface area contributed by atoms with Crippen molar-refractivity contribution in [2.75, 3.05) is 13.7 Å². The molecule has 0 saturated carbocycles. The van der Waals surface area contributed by atoms with Gasteiger partial charge in [-0.15, -0.1) is 0 Å². The highest BCUT2D eigenvalue weighted by molar-refractivity contribution is 4.28. The van der Waals surface area contributed by atoms with Crippen LogP contribution >= 0.6 is 0 Å². The minimum atomic E-state index is -0.156. The van der Waals surface area contributed by atoms with Crippen molar-refractivity contribution in [1.29, 1.82) is 0 Å². The number of nitrogens with one attached hydrogen (secondary N) is 1. The third-order valence-electron chi connectivity index (χ3n) is 0.933. The van der Waals surface area contributed by atoms with Gasteiger partial charge in [0.25, 0.3) is 0 Å². The Kier molecular flexibility index (Phi) is 5.93. The van der Waals surface area contributed by atoms with E-state index in [-0.39, 0.29) is 6.29 Å².